The van der Waals surface area contributed by atoms with Crippen LogP contribution in [0, 0.1) is 0 Å². The average molecular weight is 481 g/mol. The molecule has 8 heteroatoms. The number of benzene rings is 1. The maximum atomic E-state index is 12.8. The average Bonchev–Trinajstić information content (AvgIpc) is 3.07. The molecule has 4 nitrogen and oxygen atoms in total. The van der Waals surface area contributed by atoms with E-state index in [1.54, 1.807) is 39.8 Å². The highest BCUT2D eigenvalue weighted by Crippen LogP contribution is 2.42. The van der Waals surface area contributed by atoms with Crippen LogP contribution in [0.2, 0.25) is 10.0 Å². The van der Waals surface area contributed by atoms with Crippen molar-refractivity contribution in [1.29, 1.82) is 0 Å². The lowest BCUT2D eigenvalue weighted by Gasteiger charge is -2.32. The van der Waals surface area contributed by atoms with Crippen molar-refractivity contribution in [2.45, 2.75) is 56.2 Å². The Morgan fingerprint density at radius 2 is 2.20 bits per heavy atom. The molecule has 0 fully saturated rings. The van der Waals surface area contributed by atoms with E-state index in [1.165, 1.54) is 4.88 Å². The van der Waals surface area contributed by atoms with Crippen molar-refractivity contribution in [3.63, 3.8) is 0 Å². The topological polar surface area (TPSA) is 44.1 Å². The molecule has 0 saturated carbocycles. The zero-order valence-electron chi connectivity index (χ0n) is 16.8. The number of halogens is 2. The molecule has 30 heavy (non-hydrogen) atoms. The van der Waals surface area contributed by atoms with E-state index in [-0.39, 0.29) is 11.3 Å². The van der Waals surface area contributed by atoms with Gasteiger partial charge in [0.1, 0.15) is 0 Å². The number of thioether (sulfide) groups is 1. The number of thiophene rings is 1. The van der Waals surface area contributed by atoms with Gasteiger partial charge in [0.25, 0.3) is 0 Å². The summed E-state index contributed by atoms with van der Waals surface area (Å²) in [6, 6.07) is 5.62. The Kier molecular flexibility index (Phi) is 6.33. The van der Waals surface area contributed by atoms with Gasteiger partial charge in [-0.15, -0.1) is 29.7 Å². The second-order valence-electron chi connectivity index (χ2n) is 7.59. The van der Waals surface area contributed by atoms with Gasteiger partial charge in [0.05, 0.1) is 37.5 Å². The van der Waals surface area contributed by atoms with E-state index >= 15 is 0 Å². The van der Waals surface area contributed by atoms with Crippen LogP contribution in [-0.4, -0.2) is 15.2 Å². The van der Waals surface area contributed by atoms with Crippen LogP contribution in [0.5, 0.6) is 0 Å². The van der Waals surface area contributed by atoms with E-state index in [2.05, 4.69) is 25.4 Å². The summed E-state index contributed by atoms with van der Waals surface area (Å²) in [5.74, 6) is 0.665. The van der Waals surface area contributed by atoms with Crippen molar-refractivity contribution in [1.82, 2.24) is 9.55 Å². The van der Waals surface area contributed by atoms with E-state index in [1.807, 2.05) is 12.1 Å². The molecule has 0 amide bonds. The molecule has 3 heterocycles. The van der Waals surface area contributed by atoms with E-state index in [0.717, 1.165) is 39.2 Å². The van der Waals surface area contributed by atoms with Crippen LogP contribution >= 0.6 is 46.3 Å². The fourth-order valence-electron chi connectivity index (χ4n) is 3.50. The van der Waals surface area contributed by atoms with Gasteiger partial charge in [-0.25, -0.2) is 4.79 Å². The normalized spacial score (nSPS) is 18.5. The van der Waals surface area contributed by atoms with Gasteiger partial charge in [-0.2, -0.15) is 4.98 Å². The molecule has 0 N–H and O–H groups in total. The van der Waals surface area contributed by atoms with Crippen LogP contribution in [0.4, 0.5) is 0 Å². The number of allylic oxidation sites excluding steroid dienone is 1. The standard InChI is InChI=1S/C22H22Cl2N2O2S2/c1-4-8-26-20(29-12-13-6-7-15(23)16(24)9-13)19-18(25-21(26)27)14-11-28-22(3,5-2)10-17(14)30-19/h4,6-7,9H,1,5,8,10-12H2,2-3H3. The molecule has 0 radical (unpaired) electrons. The van der Waals surface area contributed by atoms with Crippen LogP contribution < -0.4 is 5.69 Å². The molecule has 4 rings (SSSR count). The Labute approximate surface area is 193 Å². The third kappa shape index (κ3) is 4.08. The van der Waals surface area contributed by atoms with Gasteiger partial charge in [0, 0.05) is 29.2 Å². The molecule has 1 aliphatic rings. The maximum absolute atomic E-state index is 12.8. The van der Waals surface area contributed by atoms with Crippen molar-refractivity contribution >= 4 is 56.5 Å². The molecule has 0 spiro atoms. The predicted molar refractivity (Wildman–Crippen MR) is 127 cm³/mol. The van der Waals surface area contributed by atoms with Crippen LogP contribution in [0.25, 0.3) is 10.2 Å². The summed E-state index contributed by atoms with van der Waals surface area (Å²) < 4.78 is 8.86. The van der Waals surface area contributed by atoms with E-state index in [4.69, 9.17) is 27.9 Å². The summed E-state index contributed by atoms with van der Waals surface area (Å²) >= 11 is 15.6. The zero-order valence-corrected chi connectivity index (χ0v) is 20.0. The first-order chi connectivity index (χ1) is 14.3. The lowest BCUT2D eigenvalue weighted by atomic mass is 9.93. The summed E-state index contributed by atoms with van der Waals surface area (Å²) in [4.78, 5) is 18.5. The van der Waals surface area contributed by atoms with Crippen LogP contribution in [0.15, 0.2) is 40.7 Å². The first-order valence-electron chi connectivity index (χ1n) is 9.72. The number of rotatable bonds is 6. The highest BCUT2D eigenvalue weighted by molar-refractivity contribution is 7.98. The number of hydrogen-bond acceptors (Lipinski definition) is 5. The molecule has 0 aliphatic carbocycles. The fraction of sp³-hybridized carbons (Fsp3) is 0.364. The third-order valence-electron chi connectivity index (χ3n) is 5.46. The highest BCUT2D eigenvalue weighted by Gasteiger charge is 2.33. The minimum atomic E-state index is -0.261. The van der Waals surface area contributed by atoms with Crippen molar-refractivity contribution in [3.8, 4) is 0 Å². The zero-order chi connectivity index (χ0) is 21.5. The summed E-state index contributed by atoms with van der Waals surface area (Å²) in [6.45, 7) is 9.00. The smallest absolute Gasteiger partial charge is 0.349 e. The number of hydrogen-bond donors (Lipinski definition) is 0. The molecule has 0 saturated heterocycles. The monoisotopic (exact) mass is 480 g/mol. The predicted octanol–water partition coefficient (Wildman–Crippen LogP) is 6.48. The second-order valence-corrected chi connectivity index (χ2v) is 10.5. The molecule has 2 aromatic heterocycles. The molecule has 1 aromatic carbocycles. The van der Waals surface area contributed by atoms with Crippen molar-refractivity contribution in [2.75, 3.05) is 0 Å². The van der Waals surface area contributed by atoms with E-state index in [0.29, 0.717) is 28.9 Å². The van der Waals surface area contributed by atoms with Gasteiger partial charge < -0.3 is 4.74 Å². The van der Waals surface area contributed by atoms with Crippen molar-refractivity contribution in [2.24, 2.45) is 0 Å². The largest absolute Gasteiger partial charge is 0.370 e. The summed E-state index contributed by atoms with van der Waals surface area (Å²) in [5, 5.41) is 1.97. The van der Waals surface area contributed by atoms with Crippen LogP contribution in [0.3, 0.4) is 0 Å². The Morgan fingerprint density at radius 1 is 1.40 bits per heavy atom. The lowest BCUT2D eigenvalue weighted by Crippen LogP contribution is -2.33. The fourth-order valence-corrected chi connectivity index (χ4v) is 6.51. The minimum Gasteiger partial charge on any atom is -0.370 e. The number of ether oxygens (including phenoxy) is 1. The first kappa shape index (κ1) is 21.9. The van der Waals surface area contributed by atoms with Gasteiger partial charge in [-0.05, 0) is 31.0 Å². The maximum Gasteiger partial charge on any atom is 0.349 e. The van der Waals surface area contributed by atoms with Gasteiger partial charge in [-0.3, -0.25) is 4.57 Å². The first-order valence-corrected chi connectivity index (χ1v) is 12.3. The van der Waals surface area contributed by atoms with Crippen LogP contribution in [0.1, 0.15) is 36.3 Å². The lowest BCUT2D eigenvalue weighted by molar-refractivity contribution is -0.0546. The summed E-state index contributed by atoms with van der Waals surface area (Å²) in [7, 11) is 0. The van der Waals surface area contributed by atoms with Crippen LogP contribution in [-0.2, 0) is 30.1 Å². The second kappa shape index (κ2) is 8.67. The SMILES string of the molecule is C=CCn1c(SCc2ccc(Cl)c(Cl)c2)c2sc3c(c2nc1=O)COC(C)(CC)C3. The summed E-state index contributed by atoms with van der Waals surface area (Å²) in [5.41, 5.74) is 2.44. The minimum absolute atomic E-state index is 0.168. The number of nitrogens with zero attached hydrogens (tertiary/aromatic N) is 2. The molecular weight excluding hydrogens is 459 g/mol. The van der Waals surface area contributed by atoms with Crippen molar-refractivity contribution < 1.29 is 4.74 Å². The Balaban J connectivity index is 1.79. The van der Waals surface area contributed by atoms with E-state index < -0.39 is 0 Å². The molecule has 0 bridgehead atoms. The highest BCUT2D eigenvalue weighted by atomic mass is 35.5. The Morgan fingerprint density at radius 3 is 2.90 bits per heavy atom. The van der Waals surface area contributed by atoms with Gasteiger partial charge in [-0.1, -0.05) is 42.3 Å². The summed E-state index contributed by atoms with van der Waals surface area (Å²) in [6.07, 6.45) is 3.51. The third-order valence-corrected chi connectivity index (χ3v) is 8.73. The molecule has 1 atom stereocenters. The van der Waals surface area contributed by atoms with Gasteiger partial charge >= 0.3 is 5.69 Å². The Bertz CT molecular complexity index is 1190. The molecule has 3 aromatic rings. The number of aromatic nitrogens is 2. The number of fused-ring (bicyclic) bond motifs is 3. The Hall–Kier alpha value is -1.31. The van der Waals surface area contributed by atoms with Gasteiger partial charge in [0.15, 0.2) is 0 Å². The molecule has 1 aliphatic heterocycles. The molecular formula is C22H22Cl2N2O2S2. The molecule has 1 unspecified atom stereocenters. The molecule has 158 valence electrons. The van der Waals surface area contributed by atoms with E-state index in [9.17, 15) is 4.79 Å². The quantitative estimate of drug-likeness (QED) is 0.230. The van der Waals surface area contributed by atoms with Crippen molar-refractivity contribution in [3.05, 3.63) is 67.4 Å². The van der Waals surface area contributed by atoms with Gasteiger partial charge in [0.2, 0.25) is 0 Å².